The minimum Gasteiger partial charge on any atom is -0.0578 e. The van der Waals surface area contributed by atoms with Crippen molar-refractivity contribution in [2.75, 3.05) is 0 Å². The highest BCUT2D eigenvalue weighted by molar-refractivity contribution is 14.1. The second kappa shape index (κ2) is 7.56. The maximum atomic E-state index is 2.52. The molecule has 0 aliphatic rings. The van der Waals surface area contributed by atoms with Crippen LogP contribution in [0.1, 0.15) is 52.7 Å². The quantitative estimate of drug-likeness (QED) is 0.0897. The van der Waals surface area contributed by atoms with E-state index in [1.54, 1.807) is 0 Å². The first-order valence-corrected chi connectivity index (χ1v) is 13.3. The van der Waals surface area contributed by atoms with Gasteiger partial charge in [-0.2, -0.15) is 0 Å². The van der Waals surface area contributed by atoms with Gasteiger partial charge in [-0.15, -0.1) is 0 Å². The fraction of sp³-hybridized carbons (Fsp3) is 0.267. The molecule has 0 nitrogen and oxygen atoms in total. The van der Waals surface area contributed by atoms with Crippen LogP contribution in [-0.2, 0) is 10.8 Å². The van der Waals surface area contributed by atoms with Crippen molar-refractivity contribution in [3.63, 3.8) is 0 Å². The summed E-state index contributed by atoms with van der Waals surface area (Å²) in [5, 5.41) is 10.7. The molecule has 0 atom stereocenters. The topological polar surface area (TPSA) is 0 Å². The van der Waals surface area contributed by atoms with E-state index < -0.39 is 0 Å². The largest absolute Gasteiger partial charge is 0.0578 e. The lowest BCUT2D eigenvalue weighted by Gasteiger charge is -2.21. The van der Waals surface area contributed by atoms with E-state index in [-0.39, 0.29) is 10.8 Å². The molecule has 0 saturated carbocycles. The van der Waals surface area contributed by atoms with Gasteiger partial charge in [0.1, 0.15) is 0 Å². The van der Waals surface area contributed by atoms with Crippen LogP contribution in [0.5, 0.6) is 0 Å². The predicted octanol–water partition coefficient (Wildman–Crippen LogP) is 10.1. The van der Waals surface area contributed by atoms with E-state index >= 15 is 0 Å². The Morgan fingerprint density at radius 3 is 1.16 bits per heavy atom. The summed E-state index contributed by atoms with van der Waals surface area (Å²) in [7, 11) is 0. The summed E-state index contributed by atoms with van der Waals surface area (Å²) in [6.07, 6.45) is 0. The van der Waals surface area contributed by atoms with Gasteiger partial charge >= 0.3 is 0 Å². The van der Waals surface area contributed by atoms with Gasteiger partial charge in [0.2, 0.25) is 0 Å². The molecule has 0 N–H and O–H groups in total. The average Bonchev–Trinajstić information content (AvgIpc) is 2.71. The highest BCUT2D eigenvalue weighted by Crippen LogP contribution is 2.39. The van der Waals surface area contributed by atoms with Crippen molar-refractivity contribution < 1.29 is 0 Å². The molecule has 0 aliphatic heterocycles. The molecule has 0 aliphatic carbocycles. The lowest BCUT2D eigenvalue weighted by molar-refractivity contribution is 0.591. The minimum atomic E-state index is 0.151. The second-order valence-electron chi connectivity index (χ2n) is 11.0. The van der Waals surface area contributed by atoms with Crippen LogP contribution in [0.3, 0.4) is 0 Å². The molecule has 0 radical (unpaired) electrons. The monoisotopic (exact) mass is 642 g/mol. The summed E-state index contributed by atoms with van der Waals surface area (Å²) >= 11 is 5.04. The van der Waals surface area contributed by atoms with E-state index in [9.17, 15) is 0 Å². The Kier molecular flexibility index (Phi) is 5.29. The fourth-order valence-electron chi connectivity index (χ4n) is 4.66. The highest BCUT2D eigenvalue weighted by atomic mass is 127. The van der Waals surface area contributed by atoms with Crippen molar-refractivity contribution in [2.45, 2.75) is 52.4 Å². The van der Waals surface area contributed by atoms with Crippen LogP contribution in [0.25, 0.3) is 43.1 Å². The molecule has 0 unspecified atom stereocenters. The molecule has 2 heteroatoms. The molecule has 0 bridgehead atoms. The van der Waals surface area contributed by atoms with E-state index in [4.69, 9.17) is 0 Å². The summed E-state index contributed by atoms with van der Waals surface area (Å²) in [4.78, 5) is 0. The van der Waals surface area contributed by atoms with E-state index in [0.717, 1.165) is 0 Å². The van der Waals surface area contributed by atoms with Gasteiger partial charge in [-0.1, -0.05) is 77.9 Å². The fourth-order valence-corrected chi connectivity index (χ4v) is 6.22. The van der Waals surface area contributed by atoms with Crippen LogP contribution < -0.4 is 0 Å². The van der Waals surface area contributed by atoms with Crippen LogP contribution in [0, 0.1) is 7.14 Å². The molecule has 5 aromatic rings. The molecule has 5 rings (SSSR count). The van der Waals surface area contributed by atoms with Crippen LogP contribution in [0.15, 0.2) is 60.7 Å². The molecule has 0 amide bonds. The Bertz CT molecular complexity index is 1420. The van der Waals surface area contributed by atoms with Gasteiger partial charge in [0.05, 0.1) is 0 Å². The van der Waals surface area contributed by atoms with Gasteiger partial charge in [-0.05, 0) is 134 Å². The summed E-state index contributed by atoms with van der Waals surface area (Å²) in [5.74, 6) is 0. The molecule has 162 valence electrons. The first-order chi connectivity index (χ1) is 14.9. The molecule has 0 fully saturated rings. The lowest BCUT2D eigenvalue weighted by atomic mass is 9.84. The normalized spacial score (nSPS) is 13.0. The Labute approximate surface area is 218 Å². The van der Waals surface area contributed by atoms with E-state index in [2.05, 4.69) is 147 Å². The summed E-state index contributed by atoms with van der Waals surface area (Å²) in [6.45, 7) is 13.7. The molecule has 32 heavy (non-hydrogen) atoms. The standard InChI is InChI=1S/C30H28I2/c1-29(2,3)19-7-9-21-17(11-19)13-27(31)25-16-24-22-10-8-20(30(4,5)6)12-18(22)14-28(32)26(24)15-23(21)25/h7-16H,1-6H3. The van der Waals surface area contributed by atoms with E-state index in [1.165, 1.54) is 61.4 Å². The van der Waals surface area contributed by atoms with Crippen LogP contribution in [0.2, 0.25) is 0 Å². The molecule has 5 aromatic carbocycles. The summed E-state index contributed by atoms with van der Waals surface area (Å²) in [5.41, 5.74) is 3.07. The van der Waals surface area contributed by atoms with Gasteiger partial charge in [0.15, 0.2) is 0 Å². The maximum Gasteiger partial charge on any atom is 0.0215 e. The minimum absolute atomic E-state index is 0.151. The van der Waals surface area contributed by atoms with Crippen LogP contribution in [0.4, 0.5) is 0 Å². The zero-order chi connectivity index (χ0) is 23.0. The molecule has 0 saturated heterocycles. The average molecular weight is 642 g/mol. The van der Waals surface area contributed by atoms with Gasteiger partial charge in [-0.25, -0.2) is 0 Å². The second-order valence-corrected chi connectivity index (χ2v) is 13.4. The smallest absolute Gasteiger partial charge is 0.0215 e. The predicted molar refractivity (Wildman–Crippen MR) is 159 cm³/mol. The Morgan fingerprint density at radius 2 is 0.812 bits per heavy atom. The maximum absolute atomic E-state index is 2.52. The van der Waals surface area contributed by atoms with Crippen molar-refractivity contribution in [3.05, 3.63) is 78.9 Å². The molecule has 0 heterocycles. The first-order valence-electron chi connectivity index (χ1n) is 11.2. The molecule has 0 aromatic heterocycles. The molecular weight excluding hydrogens is 614 g/mol. The van der Waals surface area contributed by atoms with Crippen LogP contribution in [-0.4, -0.2) is 0 Å². The zero-order valence-corrected chi connectivity index (χ0v) is 23.8. The number of fused-ring (bicyclic) bond motifs is 6. The Morgan fingerprint density at radius 1 is 0.438 bits per heavy atom. The Hall–Kier alpha value is -1.40. The van der Waals surface area contributed by atoms with Gasteiger partial charge < -0.3 is 0 Å². The first kappa shape index (κ1) is 22.4. The van der Waals surface area contributed by atoms with E-state index in [0.29, 0.717) is 0 Å². The van der Waals surface area contributed by atoms with Crippen molar-refractivity contribution in [1.82, 2.24) is 0 Å². The van der Waals surface area contributed by atoms with E-state index in [1.807, 2.05) is 0 Å². The summed E-state index contributed by atoms with van der Waals surface area (Å²) < 4.78 is 2.63. The number of hydrogen-bond donors (Lipinski definition) is 0. The lowest BCUT2D eigenvalue weighted by Crippen LogP contribution is -2.10. The van der Waals surface area contributed by atoms with Crippen molar-refractivity contribution in [1.29, 1.82) is 0 Å². The summed E-state index contributed by atoms with van der Waals surface area (Å²) in [6, 6.07) is 23.6. The number of hydrogen-bond acceptors (Lipinski definition) is 0. The van der Waals surface area contributed by atoms with Crippen molar-refractivity contribution >= 4 is 88.3 Å². The molecule has 0 spiro atoms. The van der Waals surface area contributed by atoms with Crippen LogP contribution >= 0.6 is 45.2 Å². The Balaban J connectivity index is 1.86. The third-order valence-electron chi connectivity index (χ3n) is 6.65. The van der Waals surface area contributed by atoms with Crippen molar-refractivity contribution in [2.24, 2.45) is 0 Å². The van der Waals surface area contributed by atoms with Gasteiger partial charge in [-0.3, -0.25) is 0 Å². The zero-order valence-electron chi connectivity index (χ0n) is 19.5. The molecular formula is C30H28I2. The van der Waals surface area contributed by atoms with Crippen molar-refractivity contribution in [3.8, 4) is 0 Å². The third kappa shape index (κ3) is 3.71. The number of halogens is 2. The number of benzene rings is 5. The van der Waals surface area contributed by atoms with Gasteiger partial charge in [0.25, 0.3) is 0 Å². The highest BCUT2D eigenvalue weighted by Gasteiger charge is 2.17. The SMILES string of the molecule is CC(C)(C)c1ccc2c(c1)cc(I)c1cc3c(cc12)c(I)cc1cc(C(C)(C)C)ccc13. The van der Waals surface area contributed by atoms with Gasteiger partial charge in [0, 0.05) is 7.14 Å². The number of rotatable bonds is 0. The third-order valence-corrected chi connectivity index (χ3v) is 8.44.